The van der Waals surface area contributed by atoms with Crippen LogP contribution in [0.4, 0.5) is 0 Å². The molecule has 1 amide bonds. The molecule has 1 N–H and O–H groups in total. The third-order valence-corrected chi connectivity index (χ3v) is 6.32. The maximum absolute atomic E-state index is 13.0. The lowest BCUT2D eigenvalue weighted by atomic mass is 9.79. The normalized spacial score (nSPS) is 18.0. The van der Waals surface area contributed by atoms with E-state index in [1.165, 1.54) is 0 Å². The number of fused-ring (bicyclic) bond motifs is 2. The monoisotopic (exact) mass is 448 g/mol. The number of nitrogens with zero attached hydrogens (tertiary/aromatic N) is 3. The second-order valence-electron chi connectivity index (χ2n) is 8.87. The van der Waals surface area contributed by atoms with E-state index < -0.39 is 5.41 Å². The van der Waals surface area contributed by atoms with Gasteiger partial charge in [0.2, 0.25) is 0 Å². The number of nitrogens with one attached hydrogen (secondary N) is 1. The Kier molecular flexibility index (Phi) is 5.56. The maximum atomic E-state index is 13.0. The molecule has 6 nitrogen and oxygen atoms in total. The van der Waals surface area contributed by atoms with Crippen LogP contribution >= 0.6 is 0 Å². The summed E-state index contributed by atoms with van der Waals surface area (Å²) in [6.07, 6.45) is 1.78. The summed E-state index contributed by atoms with van der Waals surface area (Å²) >= 11 is 0. The molecule has 0 saturated carbocycles. The molecule has 0 spiro atoms. The van der Waals surface area contributed by atoms with Crippen molar-refractivity contribution in [3.8, 4) is 17.3 Å². The van der Waals surface area contributed by atoms with Crippen LogP contribution in [0.3, 0.4) is 0 Å². The molecule has 2 aromatic heterocycles. The number of rotatable bonds is 4. The van der Waals surface area contributed by atoms with Crippen molar-refractivity contribution in [2.75, 3.05) is 6.61 Å². The SMILES string of the molecule is C[C@@H](NC(=O)c1ccc2c(c1)[C@](C)(C#N)COC2)c1cc2nc(-c3ccccc3)ccc2cn1. The van der Waals surface area contributed by atoms with Gasteiger partial charge in [-0.1, -0.05) is 36.4 Å². The first-order valence-corrected chi connectivity index (χ1v) is 11.2. The van der Waals surface area contributed by atoms with Gasteiger partial charge in [-0.25, -0.2) is 4.98 Å². The number of hydrogen-bond acceptors (Lipinski definition) is 5. The number of ether oxygens (including phenoxy) is 1. The third kappa shape index (κ3) is 4.02. The Balaban J connectivity index is 1.39. The number of carbonyl (C=O) groups is 1. The van der Waals surface area contributed by atoms with Crippen LogP contribution in [0.1, 0.15) is 47.1 Å². The van der Waals surface area contributed by atoms with Crippen LogP contribution in [0.5, 0.6) is 0 Å². The minimum absolute atomic E-state index is 0.213. The van der Waals surface area contributed by atoms with Crippen molar-refractivity contribution in [1.29, 1.82) is 5.26 Å². The fourth-order valence-electron chi connectivity index (χ4n) is 4.28. The van der Waals surface area contributed by atoms with Gasteiger partial charge in [-0.15, -0.1) is 0 Å². The van der Waals surface area contributed by atoms with Crippen molar-refractivity contribution in [3.63, 3.8) is 0 Å². The quantitative estimate of drug-likeness (QED) is 0.469. The number of nitriles is 1. The van der Waals surface area contributed by atoms with Gasteiger partial charge in [0.1, 0.15) is 5.41 Å². The molecule has 4 aromatic rings. The van der Waals surface area contributed by atoms with Crippen LogP contribution < -0.4 is 5.32 Å². The van der Waals surface area contributed by atoms with E-state index >= 15 is 0 Å². The van der Waals surface area contributed by atoms with Crippen molar-refractivity contribution in [3.05, 3.63) is 95.3 Å². The minimum Gasteiger partial charge on any atom is -0.375 e. The molecule has 34 heavy (non-hydrogen) atoms. The first kappa shape index (κ1) is 21.7. The Labute approximate surface area is 198 Å². The Morgan fingerprint density at radius 2 is 1.97 bits per heavy atom. The molecule has 1 aliphatic rings. The Morgan fingerprint density at radius 1 is 1.15 bits per heavy atom. The summed E-state index contributed by atoms with van der Waals surface area (Å²) < 4.78 is 5.56. The van der Waals surface area contributed by atoms with E-state index in [4.69, 9.17) is 9.72 Å². The van der Waals surface area contributed by atoms with E-state index in [0.717, 1.165) is 39.0 Å². The van der Waals surface area contributed by atoms with E-state index in [0.29, 0.717) is 18.8 Å². The summed E-state index contributed by atoms with van der Waals surface area (Å²) in [5.74, 6) is -0.213. The fraction of sp³-hybridized carbons (Fsp3) is 0.214. The van der Waals surface area contributed by atoms with E-state index in [1.807, 2.05) is 74.5 Å². The Morgan fingerprint density at radius 3 is 2.76 bits per heavy atom. The lowest BCUT2D eigenvalue weighted by Crippen LogP contribution is -2.33. The maximum Gasteiger partial charge on any atom is 0.251 e. The second kappa shape index (κ2) is 8.69. The molecule has 0 radical (unpaired) electrons. The number of benzene rings is 2. The van der Waals surface area contributed by atoms with Crippen LogP contribution in [-0.2, 0) is 16.8 Å². The molecule has 0 unspecified atom stereocenters. The van der Waals surface area contributed by atoms with Crippen LogP contribution in [0.25, 0.3) is 22.2 Å². The van der Waals surface area contributed by atoms with Crippen molar-refractivity contribution in [2.24, 2.45) is 0 Å². The molecule has 0 fully saturated rings. The number of hydrogen-bond donors (Lipinski definition) is 1. The first-order chi connectivity index (χ1) is 16.5. The molecule has 0 bridgehead atoms. The molecule has 0 saturated heterocycles. The molecule has 5 rings (SSSR count). The highest BCUT2D eigenvalue weighted by molar-refractivity contribution is 5.95. The summed E-state index contributed by atoms with van der Waals surface area (Å²) in [4.78, 5) is 22.4. The lowest BCUT2D eigenvalue weighted by Gasteiger charge is -2.30. The molecule has 3 heterocycles. The van der Waals surface area contributed by atoms with Gasteiger partial charge in [0, 0.05) is 22.7 Å². The van der Waals surface area contributed by atoms with Crippen LogP contribution in [0.2, 0.25) is 0 Å². The average Bonchev–Trinajstić information content (AvgIpc) is 2.88. The minimum atomic E-state index is -0.766. The molecular formula is C28H24N4O2. The van der Waals surface area contributed by atoms with Crippen molar-refractivity contribution < 1.29 is 9.53 Å². The largest absolute Gasteiger partial charge is 0.375 e. The van der Waals surface area contributed by atoms with Gasteiger partial charge in [-0.3, -0.25) is 9.78 Å². The molecule has 1 aliphatic heterocycles. The summed E-state index contributed by atoms with van der Waals surface area (Å²) in [5.41, 5.74) is 5.03. The van der Waals surface area contributed by atoms with E-state index in [9.17, 15) is 10.1 Å². The molecule has 168 valence electrons. The number of amides is 1. The van der Waals surface area contributed by atoms with Crippen molar-refractivity contribution >= 4 is 16.8 Å². The smallest absolute Gasteiger partial charge is 0.251 e. The standard InChI is InChI=1S/C28H24N4O2/c1-18(31-27(33)20-8-9-22-15-34-17-28(2,16-29)23(22)12-20)25-13-26-21(14-30-25)10-11-24(32-26)19-6-4-3-5-7-19/h3-14,18H,15,17H2,1-2H3,(H,31,33)/t18-,28-/m1/s1. The number of carbonyl (C=O) groups excluding carboxylic acids is 1. The highest BCUT2D eigenvalue weighted by atomic mass is 16.5. The highest BCUT2D eigenvalue weighted by Crippen LogP contribution is 2.32. The first-order valence-electron chi connectivity index (χ1n) is 11.2. The second-order valence-corrected chi connectivity index (χ2v) is 8.87. The fourth-order valence-corrected chi connectivity index (χ4v) is 4.28. The van der Waals surface area contributed by atoms with Crippen molar-refractivity contribution in [2.45, 2.75) is 31.9 Å². The van der Waals surface area contributed by atoms with Gasteiger partial charge in [-0.2, -0.15) is 5.26 Å². The summed E-state index contributed by atoms with van der Waals surface area (Å²) in [7, 11) is 0. The van der Waals surface area contributed by atoms with Gasteiger partial charge in [-0.05, 0) is 55.3 Å². The van der Waals surface area contributed by atoms with Gasteiger partial charge in [0.25, 0.3) is 5.91 Å². The summed E-state index contributed by atoms with van der Waals surface area (Å²) in [5, 5.41) is 13.6. The molecule has 2 atom stereocenters. The highest BCUT2D eigenvalue weighted by Gasteiger charge is 2.33. The molecule has 6 heteroatoms. The predicted molar refractivity (Wildman–Crippen MR) is 130 cm³/mol. The van der Waals surface area contributed by atoms with Crippen LogP contribution in [0.15, 0.2) is 72.9 Å². The van der Waals surface area contributed by atoms with Crippen LogP contribution in [0, 0.1) is 11.3 Å². The van der Waals surface area contributed by atoms with E-state index in [1.54, 1.807) is 12.3 Å². The van der Waals surface area contributed by atoms with Gasteiger partial charge >= 0.3 is 0 Å². The summed E-state index contributed by atoms with van der Waals surface area (Å²) in [6, 6.07) is 23.4. The van der Waals surface area contributed by atoms with Crippen LogP contribution in [-0.4, -0.2) is 22.5 Å². The molecule has 0 aliphatic carbocycles. The summed E-state index contributed by atoms with van der Waals surface area (Å²) in [6.45, 7) is 4.50. The van der Waals surface area contributed by atoms with E-state index in [-0.39, 0.29) is 11.9 Å². The Hall–Kier alpha value is -4.08. The average molecular weight is 449 g/mol. The predicted octanol–water partition coefficient (Wildman–Crippen LogP) is 5.10. The zero-order valence-electron chi connectivity index (χ0n) is 19.1. The van der Waals surface area contributed by atoms with Gasteiger partial charge in [0.05, 0.1) is 42.2 Å². The van der Waals surface area contributed by atoms with Gasteiger partial charge in [0.15, 0.2) is 0 Å². The molecular weight excluding hydrogens is 424 g/mol. The third-order valence-electron chi connectivity index (χ3n) is 6.32. The lowest BCUT2D eigenvalue weighted by molar-refractivity contribution is 0.0757. The van der Waals surface area contributed by atoms with Crippen molar-refractivity contribution in [1.82, 2.24) is 15.3 Å². The number of pyridine rings is 2. The zero-order chi connectivity index (χ0) is 23.7. The van der Waals surface area contributed by atoms with E-state index in [2.05, 4.69) is 16.4 Å². The molecule has 2 aromatic carbocycles. The van der Waals surface area contributed by atoms with Gasteiger partial charge < -0.3 is 10.1 Å². The Bertz CT molecular complexity index is 1430. The topological polar surface area (TPSA) is 87.9 Å². The zero-order valence-corrected chi connectivity index (χ0v) is 19.1. The number of aromatic nitrogens is 2.